The fraction of sp³-hybridized carbons (Fsp3) is 0.889. The fourth-order valence-electron chi connectivity index (χ4n) is 1.85. The highest BCUT2D eigenvalue weighted by Crippen LogP contribution is 2.27. The molecule has 0 spiro atoms. The van der Waals surface area contributed by atoms with Crippen LogP contribution >= 0.6 is 0 Å². The van der Waals surface area contributed by atoms with Crippen molar-refractivity contribution < 1.29 is 4.79 Å². The summed E-state index contributed by atoms with van der Waals surface area (Å²) in [6.07, 6.45) is 1.00. The second-order valence-electron chi connectivity index (χ2n) is 3.70. The van der Waals surface area contributed by atoms with Gasteiger partial charge < -0.3 is 4.79 Å². The summed E-state index contributed by atoms with van der Waals surface area (Å²) in [7, 11) is 0. The Labute approximate surface area is 68.6 Å². The first-order valence-corrected chi connectivity index (χ1v) is 4.34. The number of carbonyl (C=O) groups is 1. The normalized spacial score (nSPS) is 39.4. The molecule has 3 unspecified atom stereocenters. The van der Waals surface area contributed by atoms with Crippen LogP contribution in [0.1, 0.15) is 20.8 Å². The van der Waals surface area contributed by atoms with E-state index in [1.165, 1.54) is 0 Å². The highest BCUT2D eigenvalue weighted by atomic mass is 16.1. The Morgan fingerprint density at radius 2 is 2.09 bits per heavy atom. The molecule has 0 aromatic carbocycles. The SMILES string of the molecule is CC1CN(CC=O)C(C)C1C. The molecule has 2 nitrogen and oxygen atoms in total. The van der Waals surface area contributed by atoms with Crippen molar-refractivity contribution in [2.75, 3.05) is 13.1 Å². The van der Waals surface area contributed by atoms with E-state index in [9.17, 15) is 4.79 Å². The highest BCUT2D eigenvalue weighted by Gasteiger charge is 2.32. The first-order valence-electron chi connectivity index (χ1n) is 4.34. The van der Waals surface area contributed by atoms with E-state index >= 15 is 0 Å². The van der Waals surface area contributed by atoms with E-state index in [4.69, 9.17) is 0 Å². The van der Waals surface area contributed by atoms with Gasteiger partial charge in [-0.15, -0.1) is 0 Å². The van der Waals surface area contributed by atoms with Gasteiger partial charge >= 0.3 is 0 Å². The van der Waals surface area contributed by atoms with Crippen LogP contribution in [0.3, 0.4) is 0 Å². The Kier molecular flexibility index (Phi) is 2.66. The van der Waals surface area contributed by atoms with Crippen LogP contribution in [0.5, 0.6) is 0 Å². The van der Waals surface area contributed by atoms with Gasteiger partial charge in [-0.2, -0.15) is 0 Å². The maximum atomic E-state index is 10.3. The average Bonchev–Trinajstić information content (AvgIpc) is 2.19. The van der Waals surface area contributed by atoms with Crippen molar-refractivity contribution in [1.29, 1.82) is 0 Å². The lowest BCUT2D eigenvalue weighted by Gasteiger charge is -2.19. The third-order valence-electron chi connectivity index (χ3n) is 3.07. The molecule has 0 aromatic heterocycles. The quantitative estimate of drug-likeness (QED) is 0.558. The van der Waals surface area contributed by atoms with E-state index < -0.39 is 0 Å². The number of hydrogen-bond acceptors (Lipinski definition) is 2. The summed E-state index contributed by atoms with van der Waals surface area (Å²) >= 11 is 0. The first kappa shape index (κ1) is 8.72. The molecule has 11 heavy (non-hydrogen) atoms. The zero-order valence-corrected chi connectivity index (χ0v) is 7.58. The van der Waals surface area contributed by atoms with Gasteiger partial charge in [0.05, 0.1) is 6.54 Å². The first-order chi connectivity index (χ1) is 5.16. The Morgan fingerprint density at radius 3 is 2.45 bits per heavy atom. The molecule has 1 saturated heterocycles. The fourth-order valence-corrected chi connectivity index (χ4v) is 1.85. The van der Waals surface area contributed by atoms with E-state index in [2.05, 4.69) is 25.7 Å². The standard InChI is InChI=1S/C9H17NO/c1-7-6-10(4-5-11)9(3)8(7)2/h5,7-9H,4,6H2,1-3H3. The summed E-state index contributed by atoms with van der Waals surface area (Å²) in [4.78, 5) is 12.5. The van der Waals surface area contributed by atoms with Gasteiger partial charge in [0.1, 0.15) is 6.29 Å². The van der Waals surface area contributed by atoms with Gasteiger partial charge in [0.25, 0.3) is 0 Å². The molecule has 0 bridgehead atoms. The van der Waals surface area contributed by atoms with Crippen molar-refractivity contribution in [3.8, 4) is 0 Å². The number of aldehydes is 1. The topological polar surface area (TPSA) is 20.3 Å². The largest absolute Gasteiger partial charge is 0.302 e. The Hall–Kier alpha value is -0.370. The van der Waals surface area contributed by atoms with Crippen LogP contribution in [-0.2, 0) is 4.79 Å². The molecular formula is C9H17NO. The van der Waals surface area contributed by atoms with Crippen LogP contribution < -0.4 is 0 Å². The van der Waals surface area contributed by atoms with E-state index in [1.807, 2.05) is 0 Å². The molecular weight excluding hydrogens is 138 g/mol. The average molecular weight is 155 g/mol. The second-order valence-corrected chi connectivity index (χ2v) is 3.70. The lowest BCUT2D eigenvalue weighted by Crippen LogP contribution is -2.30. The molecule has 0 saturated carbocycles. The van der Waals surface area contributed by atoms with Crippen LogP contribution in [0.2, 0.25) is 0 Å². The molecule has 0 aliphatic carbocycles. The number of likely N-dealkylation sites (tertiary alicyclic amines) is 1. The van der Waals surface area contributed by atoms with Crippen molar-refractivity contribution >= 4 is 6.29 Å². The summed E-state index contributed by atoms with van der Waals surface area (Å²) in [5.74, 6) is 1.47. The third-order valence-corrected chi connectivity index (χ3v) is 3.07. The van der Waals surface area contributed by atoms with Gasteiger partial charge in [-0.25, -0.2) is 0 Å². The summed E-state index contributed by atoms with van der Waals surface area (Å²) in [6.45, 7) is 8.42. The van der Waals surface area contributed by atoms with Crippen LogP contribution in [0, 0.1) is 11.8 Å². The zero-order valence-electron chi connectivity index (χ0n) is 7.58. The number of carbonyl (C=O) groups excluding carboxylic acids is 1. The Balaban J connectivity index is 2.51. The minimum Gasteiger partial charge on any atom is -0.302 e. The molecule has 0 aromatic rings. The number of hydrogen-bond donors (Lipinski definition) is 0. The van der Waals surface area contributed by atoms with Crippen LogP contribution in [-0.4, -0.2) is 30.3 Å². The van der Waals surface area contributed by atoms with E-state index in [0.29, 0.717) is 12.6 Å². The van der Waals surface area contributed by atoms with Crippen molar-refractivity contribution in [2.24, 2.45) is 11.8 Å². The van der Waals surface area contributed by atoms with Gasteiger partial charge in [-0.3, -0.25) is 4.90 Å². The molecule has 0 amide bonds. The van der Waals surface area contributed by atoms with E-state index in [-0.39, 0.29) is 0 Å². The van der Waals surface area contributed by atoms with Crippen molar-refractivity contribution in [3.63, 3.8) is 0 Å². The Bertz CT molecular complexity index is 146. The predicted molar refractivity (Wildman–Crippen MR) is 45.4 cm³/mol. The monoisotopic (exact) mass is 155 g/mol. The van der Waals surface area contributed by atoms with Gasteiger partial charge in [0.15, 0.2) is 0 Å². The molecule has 3 atom stereocenters. The molecule has 1 rings (SSSR count). The summed E-state index contributed by atoms with van der Waals surface area (Å²) in [5.41, 5.74) is 0. The molecule has 0 radical (unpaired) electrons. The van der Waals surface area contributed by atoms with Crippen LogP contribution in [0.25, 0.3) is 0 Å². The van der Waals surface area contributed by atoms with E-state index in [0.717, 1.165) is 24.7 Å². The molecule has 0 N–H and O–H groups in total. The summed E-state index contributed by atoms with van der Waals surface area (Å²) in [5, 5.41) is 0. The predicted octanol–water partition coefficient (Wildman–Crippen LogP) is 1.16. The number of rotatable bonds is 2. The van der Waals surface area contributed by atoms with Gasteiger partial charge in [0.2, 0.25) is 0 Å². The van der Waals surface area contributed by atoms with Gasteiger partial charge in [-0.05, 0) is 18.8 Å². The molecule has 1 heterocycles. The van der Waals surface area contributed by atoms with Crippen molar-refractivity contribution in [1.82, 2.24) is 4.90 Å². The van der Waals surface area contributed by atoms with Crippen LogP contribution in [0.4, 0.5) is 0 Å². The van der Waals surface area contributed by atoms with Gasteiger partial charge in [0, 0.05) is 12.6 Å². The zero-order chi connectivity index (χ0) is 8.43. The molecule has 1 aliphatic rings. The second kappa shape index (κ2) is 3.35. The minimum atomic E-state index is 0.579. The maximum Gasteiger partial charge on any atom is 0.133 e. The molecule has 1 fully saturated rings. The molecule has 64 valence electrons. The van der Waals surface area contributed by atoms with Gasteiger partial charge in [-0.1, -0.05) is 13.8 Å². The maximum absolute atomic E-state index is 10.3. The highest BCUT2D eigenvalue weighted by molar-refractivity contribution is 5.52. The summed E-state index contributed by atoms with van der Waals surface area (Å²) < 4.78 is 0. The Morgan fingerprint density at radius 1 is 1.45 bits per heavy atom. The lowest BCUT2D eigenvalue weighted by molar-refractivity contribution is -0.109. The lowest BCUT2D eigenvalue weighted by atomic mass is 9.95. The summed E-state index contributed by atoms with van der Waals surface area (Å²) in [6, 6.07) is 0.579. The minimum absolute atomic E-state index is 0.579. The smallest absolute Gasteiger partial charge is 0.133 e. The molecule has 1 aliphatic heterocycles. The van der Waals surface area contributed by atoms with Crippen molar-refractivity contribution in [3.05, 3.63) is 0 Å². The van der Waals surface area contributed by atoms with Crippen LogP contribution in [0.15, 0.2) is 0 Å². The molecule has 2 heteroatoms. The third kappa shape index (κ3) is 1.62. The number of nitrogens with zero attached hydrogens (tertiary/aromatic N) is 1. The van der Waals surface area contributed by atoms with Crippen molar-refractivity contribution in [2.45, 2.75) is 26.8 Å². The van der Waals surface area contributed by atoms with E-state index in [1.54, 1.807) is 0 Å².